The van der Waals surface area contributed by atoms with Crippen molar-refractivity contribution < 1.29 is 14.3 Å². The average molecular weight is 460 g/mol. The molecule has 3 amide bonds. The second-order valence-corrected chi connectivity index (χ2v) is 8.73. The zero-order chi connectivity index (χ0) is 22.8. The average Bonchev–Trinajstić information content (AvgIpc) is 3.49. The maximum atomic E-state index is 13.0. The summed E-state index contributed by atoms with van der Waals surface area (Å²) in [4.78, 5) is 33.9. The zero-order valence-corrected chi connectivity index (χ0v) is 19.7. The van der Waals surface area contributed by atoms with Gasteiger partial charge in [-0.1, -0.05) is 25.1 Å². The summed E-state index contributed by atoms with van der Waals surface area (Å²) in [7, 11) is 1.61. The van der Waals surface area contributed by atoms with Crippen LogP contribution in [0.15, 0.2) is 29.6 Å². The number of amides is 3. The number of benzene rings is 1. The van der Waals surface area contributed by atoms with E-state index in [1.54, 1.807) is 17.4 Å². The number of likely N-dealkylation sites (tertiary alicyclic amines) is 1. The summed E-state index contributed by atoms with van der Waals surface area (Å²) < 4.78 is 5.18. The number of anilines is 1. The van der Waals surface area contributed by atoms with Crippen LogP contribution in [-0.2, 0) is 17.7 Å². The first-order chi connectivity index (χ1) is 15.6. The second-order valence-electron chi connectivity index (χ2n) is 7.79. The molecule has 0 aliphatic carbocycles. The molecule has 2 heterocycles. The number of methoxy groups -OCH3 is 1. The van der Waals surface area contributed by atoms with Crippen molar-refractivity contribution in [1.82, 2.24) is 20.1 Å². The molecule has 0 bridgehead atoms. The molecule has 1 aliphatic heterocycles. The van der Waals surface area contributed by atoms with Gasteiger partial charge >= 0.3 is 6.03 Å². The van der Waals surface area contributed by atoms with Crippen molar-refractivity contribution in [3.05, 3.63) is 45.9 Å². The smallest absolute Gasteiger partial charge is 0.322 e. The van der Waals surface area contributed by atoms with Gasteiger partial charge in [0.15, 0.2) is 0 Å². The first-order valence-corrected chi connectivity index (χ1v) is 12.1. The largest absolute Gasteiger partial charge is 0.383 e. The minimum Gasteiger partial charge on any atom is -0.383 e. The number of nitrogens with one attached hydrogen (secondary N) is 2. The van der Waals surface area contributed by atoms with Crippen molar-refractivity contribution in [3.8, 4) is 0 Å². The highest BCUT2D eigenvalue weighted by Crippen LogP contribution is 2.18. The number of urea groups is 1. The van der Waals surface area contributed by atoms with Gasteiger partial charge in [-0.25, -0.2) is 9.78 Å². The monoisotopic (exact) mass is 459 g/mol. The molecular formula is C23H33N5O3S. The van der Waals surface area contributed by atoms with E-state index in [1.807, 2.05) is 24.3 Å². The molecule has 0 saturated carbocycles. The van der Waals surface area contributed by atoms with Gasteiger partial charge in [0, 0.05) is 37.8 Å². The van der Waals surface area contributed by atoms with Crippen LogP contribution in [-0.4, -0.2) is 73.2 Å². The molecule has 174 valence electrons. The minimum absolute atomic E-state index is 0.170. The number of aromatic nitrogens is 1. The number of carbonyl (C=O) groups excluding carboxylic acids is 2. The Bertz CT molecular complexity index is 882. The van der Waals surface area contributed by atoms with Crippen LogP contribution < -0.4 is 10.6 Å². The third-order valence-corrected chi connectivity index (χ3v) is 6.35. The van der Waals surface area contributed by atoms with E-state index in [4.69, 9.17) is 4.74 Å². The van der Waals surface area contributed by atoms with Crippen LogP contribution in [0.5, 0.6) is 0 Å². The van der Waals surface area contributed by atoms with E-state index < -0.39 is 0 Å². The summed E-state index contributed by atoms with van der Waals surface area (Å²) in [5, 5.41) is 8.41. The molecule has 1 aromatic heterocycles. The predicted octanol–water partition coefficient (Wildman–Crippen LogP) is 3.21. The highest BCUT2D eigenvalue weighted by atomic mass is 32.1. The van der Waals surface area contributed by atoms with E-state index in [2.05, 4.69) is 27.4 Å². The predicted molar refractivity (Wildman–Crippen MR) is 127 cm³/mol. The van der Waals surface area contributed by atoms with Crippen molar-refractivity contribution in [1.29, 1.82) is 0 Å². The number of nitrogens with zero attached hydrogens (tertiary/aromatic N) is 3. The molecule has 1 saturated heterocycles. The molecule has 8 nitrogen and oxygen atoms in total. The van der Waals surface area contributed by atoms with Crippen LogP contribution in [0, 0.1) is 0 Å². The van der Waals surface area contributed by atoms with Gasteiger partial charge in [0.1, 0.15) is 10.7 Å². The fraction of sp³-hybridized carbons (Fsp3) is 0.522. The lowest BCUT2D eigenvalue weighted by molar-refractivity contribution is 0.0945. The number of hydrogen-bond donors (Lipinski definition) is 2. The Kier molecular flexibility index (Phi) is 9.45. The maximum Gasteiger partial charge on any atom is 0.322 e. The third-order valence-electron chi connectivity index (χ3n) is 5.52. The van der Waals surface area contributed by atoms with Crippen molar-refractivity contribution >= 4 is 29.0 Å². The molecule has 3 rings (SSSR count). The van der Waals surface area contributed by atoms with Crippen LogP contribution in [0.25, 0.3) is 0 Å². The van der Waals surface area contributed by atoms with Gasteiger partial charge in [0.25, 0.3) is 5.91 Å². The Morgan fingerprint density at radius 2 is 2.03 bits per heavy atom. The maximum absolute atomic E-state index is 13.0. The molecule has 2 aromatic rings. The van der Waals surface area contributed by atoms with E-state index >= 15 is 0 Å². The lowest BCUT2D eigenvalue weighted by Crippen LogP contribution is -2.37. The minimum atomic E-state index is -0.213. The molecular weight excluding hydrogens is 426 g/mol. The number of ether oxygens (including phenoxy) is 1. The van der Waals surface area contributed by atoms with Gasteiger partial charge in [-0.2, -0.15) is 0 Å². The molecule has 0 radical (unpaired) electrons. The third kappa shape index (κ3) is 7.01. The summed E-state index contributed by atoms with van der Waals surface area (Å²) in [5.41, 5.74) is 2.28. The Morgan fingerprint density at radius 3 is 2.78 bits per heavy atom. The Morgan fingerprint density at radius 1 is 1.25 bits per heavy atom. The van der Waals surface area contributed by atoms with E-state index in [0.29, 0.717) is 36.9 Å². The number of thiazole rings is 1. The number of rotatable bonds is 11. The van der Waals surface area contributed by atoms with Crippen LogP contribution >= 0.6 is 11.3 Å². The number of hydrogen-bond acceptors (Lipinski definition) is 6. The number of carbonyl (C=O) groups is 2. The van der Waals surface area contributed by atoms with Crippen LogP contribution in [0.2, 0.25) is 0 Å². The number of para-hydroxylation sites is 1. The molecule has 0 unspecified atom stereocenters. The first-order valence-electron chi connectivity index (χ1n) is 11.2. The SMILES string of the molecule is CCc1ccccc1NC(=O)N(CCOC)Cc1nc(C(=O)NCCN2CCCC2)cs1. The second kappa shape index (κ2) is 12.5. The number of aryl methyl sites for hydroxylation is 1. The molecule has 9 heteroatoms. The lowest BCUT2D eigenvalue weighted by Gasteiger charge is -2.22. The summed E-state index contributed by atoms with van der Waals surface area (Å²) >= 11 is 1.38. The van der Waals surface area contributed by atoms with E-state index in [-0.39, 0.29) is 11.9 Å². The van der Waals surface area contributed by atoms with Gasteiger partial charge in [0.05, 0.1) is 13.2 Å². The molecule has 1 aromatic carbocycles. The van der Waals surface area contributed by atoms with E-state index in [9.17, 15) is 9.59 Å². The molecule has 0 spiro atoms. The zero-order valence-electron chi connectivity index (χ0n) is 18.9. The van der Waals surface area contributed by atoms with Crippen LogP contribution in [0.4, 0.5) is 10.5 Å². The van der Waals surface area contributed by atoms with Crippen molar-refractivity contribution in [2.75, 3.05) is 51.8 Å². The van der Waals surface area contributed by atoms with Gasteiger partial charge in [-0.05, 0) is 44.0 Å². The van der Waals surface area contributed by atoms with E-state index in [1.165, 1.54) is 24.2 Å². The summed E-state index contributed by atoms with van der Waals surface area (Å²) in [6.07, 6.45) is 3.30. The molecule has 1 aliphatic rings. The summed E-state index contributed by atoms with van der Waals surface area (Å²) in [6, 6.07) is 7.56. The molecule has 0 atom stereocenters. The van der Waals surface area contributed by atoms with Crippen LogP contribution in [0.3, 0.4) is 0 Å². The van der Waals surface area contributed by atoms with Crippen molar-refractivity contribution in [3.63, 3.8) is 0 Å². The normalized spacial score (nSPS) is 13.8. The van der Waals surface area contributed by atoms with Gasteiger partial charge in [0.2, 0.25) is 0 Å². The topological polar surface area (TPSA) is 86.8 Å². The quantitative estimate of drug-likeness (QED) is 0.539. The molecule has 2 N–H and O–H groups in total. The van der Waals surface area contributed by atoms with Crippen LogP contribution in [0.1, 0.15) is 40.8 Å². The highest BCUT2D eigenvalue weighted by Gasteiger charge is 2.19. The van der Waals surface area contributed by atoms with Gasteiger partial charge < -0.3 is 25.2 Å². The standard InChI is InChI=1S/C23H33N5O3S/c1-3-18-8-4-5-9-19(18)26-23(30)28(14-15-31-2)16-21-25-20(17-32-21)22(29)24-10-13-27-11-6-7-12-27/h4-5,8-9,17H,3,6-7,10-16H2,1-2H3,(H,24,29)(H,26,30). The lowest BCUT2D eigenvalue weighted by atomic mass is 10.1. The highest BCUT2D eigenvalue weighted by molar-refractivity contribution is 7.09. The molecule has 32 heavy (non-hydrogen) atoms. The fourth-order valence-electron chi connectivity index (χ4n) is 3.67. The molecule has 1 fully saturated rings. The first kappa shape index (κ1) is 24.2. The Balaban J connectivity index is 1.57. The van der Waals surface area contributed by atoms with Gasteiger partial charge in [-0.15, -0.1) is 11.3 Å². The summed E-state index contributed by atoms with van der Waals surface area (Å²) in [6.45, 7) is 6.91. The Labute approximate surface area is 194 Å². The Hall–Kier alpha value is -2.49. The summed E-state index contributed by atoms with van der Waals surface area (Å²) in [5.74, 6) is -0.170. The fourth-order valence-corrected chi connectivity index (χ4v) is 4.46. The van der Waals surface area contributed by atoms with E-state index in [0.717, 1.165) is 37.3 Å². The van der Waals surface area contributed by atoms with Gasteiger partial charge in [-0.3, -0.25) is 4.79 Å². The van der Waals surface area contributed by atoms with Crippen molar-refractivity contribution in [2.45, 2.75) is 32.7 Å². The van der Waals surface area contributed by atoms with Crippen molar-refractivity contribution in [2.24, 2.45) is 0 Å².